The van der Waals surface area contributed by atoms with Crippen molar-refractivity contribution in [1.82, 2.24) is 10.2 Å². The number of amides is 2. The number of ether oxygens (including phenoxy) is 1. The molecule has 0 aliphatic carbocycles. The number of likely N-dealkylation sites (tertiary alicyclic amines) is 1. The number of benzene rings is 1. The Kier molecular flexibility index (Phi) is 7.87. The monoisotopic (exact) mass is 330 g/mol. The largest absolute Gasteiger partial charge is 0.445 e. The summed E-state index contributed by atoms with van der Waals surface area (Å²) in [5.41, 5.74) is 1.07. The van der Waals surface area contributed by atoms with Gasteiger partial charge in [0.15, 0.2) is 0 Å². The van der Waals surface area contributed by atoms with Crippen molar-refractivity contribution < 1.29 is 14.3 Å². The van der Waals surface area contributed by atoms with E-state index in [0.717, 1.165) is 37.8 Å². The highest BCUT2D eigenvalue weighted by atomic mass is 16.5. The van der Waals surface area contributed by atoms with Gasteiger partial charge in [-0.2, -0.15) is 0 Å². The van der Waals surface area contributed by atoms with Gasteiger partial charge in [0, 0.05) is 26.1 Å². The van der Waals surface area contributed by atoms with Crippen LogP contribution in [0.5, 0.6) is 0 Å². The number of hydrogen-bond acceptors (Lipinski definition) is 3. The summed E-state index contributed by atoms with van der Waals surface area (Å²) in [6, 6.07) is 9.85. The maximum atomic E-state index is 11.8. The van der Waals surface area contributed by atoms with E-state index in [9.17, 15) is 9.59 Å². The highest BCUT2D eigenvalue weighted by molar-refractivity contribution is 5.76. The average Bonchev–Trinajstić information content (AvgIpc) is 2.81. The summed E-state index contributed by atoms with van der Waals surface area (Å²) in [5.74, 6) is 0.237. The molecule has 5 heteroatoms. The summed E-state index contributed by atoms with van der Waals surface area (Å²) in [6.45, 7) is 2.30. The maximum absolute atomic E-state index is 11.8. The molecule has 24 heavy (non-hydrogen) atoms. The molecule has 0 unspecified atom stereocenters. The molecule has 1 saturated heterocycles. The van der Waals surface area contributed by atoms with Gasteiger partial charge in [0.05, 0.1) is 0 Å². The molecule has 1 N–H and O–H groups in total. The molecule has 0 spiro atoms. The van der Waals surface area contributed by atoms with Gasteiger partial charge in [-0.25, -0.2) is 4.79 Å². The fraction of sp³-hybridized carbons (Fsp3) is 0.474. The summed E-state index contributed by atoms with van der Waals surface area (Å²) < 4.78 is 5.08. The third kappa shape index (κ3) is 6.86. The normalized spacial score (nSPS) is 15.3. The second-order valence-electron chi connectivity index (χ2n) is 5.88. The molecule has 1 aliphatic rings. The Morgan fingerprint density at radius 2 is 2.04 bits per heavy atom. The van der Waals surface area contributed by atoms with Crippen molar-refractivity contribution in [2.45, 2.75) is 32.1 Å². The highest BCUT2D eigenvalue weighted by Gasteiger charge is 2.15. The molecule has 0 aromatic heterocycles. The van der Waals surface area contributed by atoms with Gasteiger partial charge in [-0.15, -0.1) is 0 Å². The van der Waals surface area contributed by atoms with E-state index in [-0.39, 0.29) is 12.5 Å². The second-order valence-corrected chi connectivity index (χ2v) is 5.88. The van der Waals surface area contributed by atoms with Crippen LogP contribution >= 0.6 is 0 Å². The van der Waals surface area contributed by atoms with Crippen molar-refractivity contribution in [3.05, 3.63) is 42.0 Å². The Balaban J connectivity index is 1.55. The van der Waals surface area contributed by atoms with Gasteiger partial charge in [-0.05, 0) is 30.9 Å². The van der Waals surface area contributed by atoms with E-state index in [0.29, 0.717) is 19.5 Å². The van der Waals surface area contributed by atoms with Crippen molar-refractivity contribution in [2.75, 3.05) is 26.2 Å². The Morgan fingerprint density at radius 1 is 1.21 bits per heavy atom. The van der Waals surface area contributed by atoms with E-state index in [4.69, 9.17) is 4.74 Å². The number of carbonyl (C=O) groups excluding carboxylic acids is 2. The lowest BCUT2D eigenvalue weighted by Crippen LogP contribution is -2.34. The van der Waals surface area contributed by atoms with E-state index in [1.165, 1.54) is 0 Å². The quantitative estimate of drug-likeness (QED) is 0.781. The average molecular weight is 330 g/mol. The van der Waals surface area contributed by atoms with E-state index in [2.05, 4.69) is 5.32 Å². The molecule has 1 heterocycles. The van der Waals surface area contributed by atoms with Crippen LogP contribution in [0.3, 0.4) is 0 Å². The predicted molar refractivity (Wildman–Crippen MR) is 94.5 cm³/mol. The van der Waals surface area contributed by atoms with Crippen LogP contribution in [0.4, 0.5) is 4.79 Å². The minimum absolute atomic E-state index is 0.237. The zero-order chi connectivity index (χ0) is 17.0. The van der Waals surface area contributed by atoms with Crippen molar-refractivity contribution in [2.24, 2.45) is 0 Å². The number of alkyl carbamates (subject to hydrolysis) is 1. The lowest BCUT2D eigenvalue weighted by atomic mass is 10.2. The third-order valence-corrected chi connectivity index (χ3v) is 3.97. The zero-order valence-electron chi connectivity index (χ0n) is 14.1. The lowest BCUT2D eigenvalue weighted by molar-refractivity contribution is -0.130. The molecule has 1 aromatic rings. The fourth-order valence-electron chi connectivity index (χ4n) is 2.66. The SMILES string of the molecule is O=C(NCCCN1CCCCCC1=O)OC/C=C/c1ccccc1. The van der Waals surface area contributed by atoms with Gasteiger partial charge in [-0.1, -0.05) is 42.8 Å². The van der Waals surface area contributed by atoms with Gasteiger partial charge in [0.2, 0.25) is 5.91 Å². The van der Waals surface area contributed by atoms with Gasteiger partial charge in [0.1, 0.15) is 6.61 Å². The van der Waals surface area contributed by atoms with E-state index in [1.807, 2.05) is 47.4 Å². The van der Waals surface area contributed by atoms with Crippen LogP contribution in [-0.2, 0) is 9.53 Å². The number of rotatable bonds is 7. The van der Waals surface area contributed by atoms with Crippen molar-refractivity contribution in [3.63, 3.8) is 0 Å². The van der Waals surface area contributed by atoms with Crippen LogP contribution < -0.4 is 5.32 Å². The van der Waals surface area contributed by atoms with Crippen LogP contribution in [0.1, 0.15) is 37.7 Å². The van der Waals surface area contributed by atoms with Gasteiger partial charge >= 0.3 is 6.09 Å². The Hall–Kier alpha value is -2.30. The first-order valence-electron chi connectivity index (χ1n) is 8.66. The molecule has 2 amide bonds. The molecule has 0 atom stereocenters. The van der Waals surface area contributed by atoms with Crippen LogP contribution in [0.15, 0.2) is 36.4 Å². The number of carbonyl (C=O) groups is 2. The molecule has 0 saturated carbocycles. The van der Waals surface area contributed by atoms with E-state index >= 15 is 0 Å². The highest BCUT2D eigenvalue weighted by Crippen LogP contribution is 2.11. The molecular weight excluding hydrogens is 304 g/mol. The molecule has 1 fully saturated rings. The number of nitrogens with zero attached hydrogens (tertiary/aromatic N) is 1. The molecule has 5 nitrogen and oxygen atoms in total. The van der Waals surface area contributed by atoms with Gasteiger partial charge < -0.3 is 15.0 Å². The summed E-state index contributed by atoms with van der Waals surface area (Å²) in [5, 5.41) is 2.72. The second kappa shape index (κ2) is 10.5. The van der Waals surface area contributed by atoms with E-state index in [1.54, 1.807) is 0 Å². The third-order valence-electron chi connectivity index (χ3n) is 3.97. The fourth-order valence-corrected chi connectivity index (χ4v) is 2.66. The van der Waals surface area contributed by atoms with Gasteiger partial charge in [0.25, 0.3) is 0 Å². The number of hydrogen-bond donors (Lipinski definition) is 1. The summed E-state index contributed by atoms with van der Waals surface area (Å²) in [4.78, 5) is 25.3. The molecule has 0 bridgehead atoms. The molecule has 2 rings (SSSR count). The molecule has 130 valence electrons. The lowest BCUT2D eigenvalue weighted by Gasteiger charge is -2.20. The first-order valence-corrected chi connectivity index (χ1v) is 8.66. The minimum Gasteiger partial charge on any atom is -0.445 e. The van der Waals surface area contributed by atoms with Crippen molar-refractivity contribution in [3.8, 4) is 0 Å². The Labute approximate surface area is 143 Å². The standard InChI is InChI=1S/C19H26N2O3/c22-18-12-5-2-6-14-21(18)15-8-13-20-19(23)24-16-7-11-17-9-3-1-4-10-17/h1,3-4,7,9-11H,2,5-6,8,12-16H2,(H,20,23)/b11-7+. The van der Waals surface area contributed by atoms with Crippen LogP contribution in [0.2, 0.25) is 0 Å². The van der Waals surface area contributed by atoms with E-state index < -0.39 is 6.09 Å². The van der Waals surface area contributed by atoms with Crippen LogP contribution in [0, 0.1) is 0 Å². The van der Waals surface area contributed by atoms with Crippen molar-refractivity contribution in [1.29, 1.82) is 0 Å². The topological polar surface area (TPSA) is 58.6 Å². The first kappa shape index (κ1) is 18.0. The maximum Gasteiger partial charge on any atom is 0.407 e. The zero-order valence-corrected chi connectivity index (χ0v) is 14.1. The smallest absolute Gasteiger partial charge is 0.407 e. The van der Waals surface area contributed by atoms with Crippen molar-refractivity contribution >= 4 is 18.1 Å². The molecule has 1 aromatic carbocycles. The molecule has 1 aliphatic heterocycles. The predicted octanol–water partition coefficient (Wildman–Crippen LogP) is 3.22. The van der Waals surface area contributed by atoms with Crippen LogP contribution in [0.25, 0.3) is 6.08 Å². The summed E-state index contributed by atoms with van der Waals surface area (Å²) >= 11 is 0. The summed E-state index contributed by atoms with van der Waals surface area (Å²) in [6.07, 6.45) is 7.91. The Bertz CT molecular complexity index is 543. The summed E-state index contributed by atoms with van der Waals surface area (Å²) in [7, 11) is 0. The first-order chi connectivity index (χ1) is 11.8. The molecule has 0 radical (unpaired) electrons. The van der Waals surface area contributed by atoms with Crippen LogP contribution in [-0.4, -0.2) is 43.1 Å². The minimum atomic E-state index is -0.421. The number of nitrogens with one attached hydrogen (secondary N) is 1. The van der Waals surface area contributed by atoms with Gasteiger partial charge in [-0.3, -0.25) is 4.79 Å². The molecular formula is C19H26N2O3. The Morgan fingerprint density at radius 3 is 2.88 bits per heavy atom.